The Bertz CT molecular complexity index is 1230. The summed E-state index contributed by atoms with van der Waals surface area (Å²) in [5.74, 6) is -5.50. The van der Waals surface area contributed by atoms with E-state index in [0.717, 1.165) is 31.9 Å². The number of phenols is 1. The fourth-order valence-electron chi connectivity index (χ4n) is 6.69. The predicted molar refractivity (Wildman–Crippen MR) is 125 cm³/mol. The van der Waals surface area contributed by atoms with Crippen LogP contribution in [0.3, 0.4) is 0 Å². The standard InChI is InChI=1S/C26H30N2O7/c1-11(29)18-23(32)21(27-2)15-9-14-8-13-7-12(16-5-4-6-28(16)3)10-17(30)19(13)22(31)20(14)25(34)26(15,35)24(18)33/h7,10,14-16,21,27,30,32,34-35H,4-6,8-9H2,1-3H3/t14-,15-,16?,21-,26+/m0/s1. The van der Waals surface area contributed by atoms with Gasteiger partial charge in [0.25, 0.3) is 0 Å². The second kappa shape index (κ2) is 8.01. The molecule has 1 fully saturated rings. The van der Waals surface area contributed by atoms with Crippen molar-refractivity contribution in [2.24, 2.45) is 11.8 Å². The molecule has 5 atom stereocenters. The maximum atomic E-state index is 13.6. The van der Waals surface area contributed by atoms with Gasteiger partial charge >= 0.3 is 0 Å². The number of aliphatic hydroxyl groups is 3. The molecule has 0 aromatic heterocycles. The minimum Gasteiger partial charge on any atom is -0.510 e. The highest BCUT2D eigenvalue weighted by Crippen LogP contribution is 2.52. The van der Waals surface area contributed by atoms with Crippen LogP contribution in [0.5, 0.6) is 5.75 Å². The Morgan fingerprint density at radius 3 is 2.51 bits per heavy atom. The fourth-order valence-corrected chi connectivity index (χ4v) is 6.69. The summed E-state index contributed by atoms with van der Waals surface area (Å²) in [4.78, 5) is 41.2. The molecule has 186 valence electrons. The zero-order valence-corrected chi connectivity index (χ0v) is 20.0. The lowest BCUT2D eigenvalue weighted by atomic mass is 9.58. The topological polar surface area (TPSA) is 147 Å². The van der Waals surface area contributed by atoms with Crippen LogP contribution in [0.2, 0.25) is 0 Å². The zero-order chi connectivity index (χ0) is 25.4. The van der Waals surface area contributed by atoms with Crippen LogP contribution >= 0.6 is 0 Å². The number of ketones is 3. The first kappa shape index (κ1) is 23.7. The minimum atomic E-state index is -2.54. The van der Waals surface area contributed by atoms with Crippen LogP contribution in [0.1, 0.15) is 53.7 Å². The number of Topliss-reactive ketones (excluding diaryl/α,β-unsaturated/α-hetero) is 3. The van der Waals surface area contributed by atoms with Gasteiger partial charge in [-0.3, -0.25) is 19.3 Å². The first-order chi connectivity index (χ1) is 16.5. The minimum absolute atomic E-state index is 0.0628. The second-order valence-corrected chi connectivity index (χ2v) is 10.2. The van der Waals surface area contributed by atoms with E-state index in [4.69, 9.17) is 0 Å². The molecule has 5 rings (SSSR count). The maximum Gasteiger partial charge on any atom is 0.209 e. The van der Waals surface area contributed by atoms with Gasteiger partial charge < -0.3 is 25.7 Å². The van der Waals surface area contributed by atoms with Crippen molar-refractivity contribution in [2.45, 2.75) is 50.3 Å². The Balaban J connectivity index is 1.64. The highest BCUT2D eigenvalue weighted by Gasteiger charge is 2.62. The van der Waals surface area contributed by atoms with Gasteiger partial charge in [-0.15, -0.1) is 0 Å². The molecule has 1 unspecified atom stereocenters. The molecule has 0 spiro atoms. The summed E-state index contributed by atoms with van der Waals surface area (Å²) in [5, 5.41) is 47.2. The van der Waals surface area contributed by atoms with Crippen LogP contribution in [-0.2, 0) is 16.0 Å². The highest BCUT2D eigenvalue weighted by molar-refractivity contribution is 6.25. The van der Waals surface area contributed by atoms with Crippen LogP contribution < -0.4 is 5.32 Å². The molecule has 1 aromatic rings. The number of nitrogens with zero attached hydrogens (tertiary/aromatic N) is 1. The molecule has 1 aromatic carbocycles. The predicted octanol–water partition coefficient (Wildman–Crippen LogP) is 1.65. The number of allylic oxidation sites excluding steroid dienone is 1. The maximum absolute atomic E-state index is 13.6. The molecule has 1 saturated heterocycles. The third-order valence-corrected chi connectivity index (χ3v) is 8.35. The number of benzene rings is 1. The third kappa shape index (κ3) is 3.15. The summed E-state index contributed by atoms with van der Waals surface area (Å²) in [6.07, 6.45) is 2.42. The molecule has 4 aliphatic rings. The molecule has 1 aliphatic heterocycles. The number of fused-ring (bicyclic) bond motifs is 3. The summed E-state index contributed by atoms with van der Waals surface area (Å²) in [6.45, 7) is 2.04. The summed E-state index contributed by atoms with van der Waals surface area (Å²) in [5.41, 5.74) is -1.61. The molecule has 0 bridgehead atoms. The van der Waals surface area contributed by atoms with Gasteiger partial charge in [0.15, 0.2) is 17.2 Å². The second-order valence-electron chi connectivity index (χ2n) is 10.2. The number of aromatic hydroxyl groups is 1. The summed E-state index contributed by atoms with van der Waals surface area (Å²) in [6, 6.07) is 2.68. The van der Waals surface area contributed by atoms with Crippen LogP contribution in [0.4, 0.5) is 0 Å². The molecule has 1 heterocycles. The quantitative estimate of drug-likeness (QED) is 0.406. The Labute approximate surface area is 202 Å². The number of hydrogen-bond acceptors (Lipinski definition) is 9. The lowest BCUT2D eigenvalue weighted by Crippen LogP contribution is -2.63. The van der Waals surface area contributed by atoms with Crippen LogP contribution in [0.15, 0.2) is 34.8 Å². The lowest BCUT2D eigenvalue weighted by molar-refractivity contribution is -0.146. The van der Waals surface area contributed by atoms with Gasteiger partial charge in [-0.25, -0.2) is 0 Å². The lowest BCUT2D eigenvalue weighted by Gasteiger charge is -2.48. The van der Waals surface area contributed by atoms with Crippen molar-refractivity contribution in [3.05, 3.63) is 51.5 Å². The van der Waals surface area contributed by atoms with Crippen molar-refractivity contribution in [3.63, 3.8) is 0 Å². The number of carbonyl (C=O) groups excluding carboxylic acids is 3. The zero-order valence-electron chi connectivity index (χ0n) is 20.0. The molecule has 0 radical (unpaired) electrons. The molecular formula is C26H30N2O7. The number of likely N-dealkylation sites (tertiary alicyclic amines) is 1. The van der Waals surface area contributed by atoms with Gasteiger partial charge in [0.05, 0.1) is 11.6 Å². The van der Waals surface area contributed by atoms with E-state index in [1.165, 1.54) is 7.05 Å². The first-order valence-electron chi connectivity index (χ1n) is 11.9. The third-order valence-electron chi connectivity index (χ3n) is 8.35. The number of nitrogens with one attached hydrogen (secondary N) is 1. The van der Waals surface area contributed by atoms with Gasteiger partial charge in [0, 0.05) is 17.5 Å². The molecule has 0 amide bonds. The van der Waals surface area contributed by atoms with E-state index < -0.39 is 57.9 Å². The SMILES string of the molecule is CN[C@@H]1C(O)=C(C(C)=O)C(=O)[C@@]2(O)C(O)=C3C(=O)c4c(O)cc(C5CCCN5C)cc4C[C@H]3C[C@@H]12. The number of hydrogen-bond donors (Lipinski definition) is 5. The average molecular weight is 483 g/mol. The highest BCUT2D eigenvalue weighted by atomic mass is 16.3. The van der Waals surface area contributed by atoms with Crippen LogP contribution in [-0.4, -0.2) is 75.0 Å². The van der Waals surface area contributed by atoms with Crippen molar-refractivity contribution in [2.75, 3.05) is 20.6 Å². The average Bonchev–Trinajstić information content (AvgIpc) is 3.22. The van der Waals surface area contributed by atoms with Crippen molar-refractivity contribution >= 4 is 17.3 Å². The number of rotatable bonds is 3. The molecule has 0 saturated carbocycles. The largest absolute Gasteiger partial charge is 0.510 e. The van der Waals surface area contributed by atoms with Gasteiger partial charge in [0.2, 0.25) is 5.78 Å². The first-order valence-corrected chi connectivity index (χ1v) is 11.9. The van der Waals surface area contributed by atoms with Gasteiger partial charge in [-0.2, -0.15) is 0 Å². The molecule has 3 aliphatic carbocycles. The molecule has 35 heavy (non-hydrogen) atoms. The summed E-state index contributed by atoms with van der Waals surface area (Å²) >= 11 is 0. The van der Waals surface area contributed by atoms with E-state index in [0.29, 0.717) is 12.0 Å². The molecule has 9 nitrogen and oxygen atoms in total. The number of phenolic OH excluding ortho intramolecular Hbond substituents is 1. The van der Waals surface area contributed by atoms with E-state index in [1.54, 1.807) is 6.07 Å². The van der Waals surface area contributed by atoms with Crippen molar-refractivity contribution in [3.8, 4) is 5.75 Å². The van der Waals surface area contributed by atoms with Crippen molar-refractivity contribution in [1.82, 2.24) is 10.2 Å². The summed E-state index contributed by atoms with van der Waals surface area (Å²) < 4.78 is 0. The Hall–Kier alpha value is -3.01. The van der Waals surface area contributed by atoms with E-state index in [9.17, 15) is 34.8 Å². The molecule has 9 heteroatoms. The molecule has 5 N–H and O–H groups in total. The van der Waals surface area contributed by atoms with E-state index in [-0.39, 0.29) is 29.3 Å². The normalized spacial score (nSPS) is 33.0. The van der Waals surface area contributed by atoms with E-state index in [2.05, 4.69) is 10.2 Å². The fraction of sp³-hybridized carbons (Fsp3) is 0.500. The van der Waals surface area contributed by atoms with Gasteiger partial charge in [-0.05, 0) is 76.4 Å². The van der Waals surface area contributed by atoms with E-state index >= 15 is 0 Å². The monoisotopic (exact) mass is 482 g/mol. The smallest absolute Gasteiger partial charge is 0.209 e. The Morgan fingerprint density at radius 1 is 1.20 bits per heavy atom. The summed E-state index contributed by atoms with van der Waals surface area (Å²) in [7, 11) is 3.54. The van der Waals surface area contributed by atoms with Gasteiger partial charge in [0.1, 0.15) is 22.8 Å². The van der Waals surface area contributed by atoms with Crippen LogP contribution in [0, 0.1) is 11.8 Å². The van der Waals surface area contributed by atoms with Gasteiger partial charge in [-0.1, -0.05) is 6.07 Å². The van der Waals surface area contributed by atoms with E-state index in [1.807, 2.05) is 13.1 Å². The number of likely N-dealkylation sites (N-methyl/N-ethyl adjacent to an activating group) is 1. The number of aliphatic hydroxyl groups excluding tert-OH is 2. The Kier molecular flexibility index (Phi) is 5.43. The Morgan fingerprint density at radius 2 is 1.91 bits per heavy atom. The number of carbonyl (C=O) groups is 3. The van der Waals surface area contributed by atoms with Crippen molar-refractivity contribution < 1.29 is 34.8 Å². The van der Waals surface area contributed by atoms with Crippen molar-refractivity contribution in [1.29, 1.82) is 0 Å². The van der Waals surface area contributed by atoms with Crippen LogP contribution in [0.25, 0.3) is 0 Å². The molecular weight excluding hydrogens is 452 g/mol.